The Labute approximate surface area is 125 Å². The Morgan fingerprint density at radius 2 is 1.90 bits per heavy atom. The molecule has 0 saturated carbocycles. The first-order chi connectivity index (χ1) is 9.74. The van der Waals surface area contributed by atoms with Gasteiger partial charge in [-0.25, -0.2) is 13.1 Å². The minimum absolute atomic E-state index is 0.0134. The zero-order valence-corrected chi connectivity index (χ0v) is 13.4. The van der Waals surface area contributed by atoms with Crippen LogP contribution < -0.4 is 10.5 Å². The molecule has 6 nitrogen and oxygen atoms in total. The topological polar surface area (TPSA) is 90.0 Å². The number of hydrogen-bond donors (Lipinski definition) is 2. The van der Waals surface area contributed by atoms with E-state index in [0.717, 1.165) is 11.1 Å². The molecule has 0 fully saturated rings. The second-order valence-corrected chi connectivity index (χ2v) is 6.77. The van der Waals surface area contributed by atoms with Crippen molar-refractivity contribution in [2.75, 3.05) is 5.73 Å². The van der Waals surface area contributed by atoms with Crippen LogP contribution in [0.4, 0.5) is 5.82 Å². The van der Waals surface area contributed by atoms with Crippen molar-refractivity contribution in [1.82, 2.24) is 14.5 Å². The molecular formula is C14H20N4O2S. The van der Waals surface area contributed by atoms with Crippen LogP contribution in [0.1, 0.15) is 29.8 Å². The van der Waals surface area contributed by atoms with Gasteiger partial charge in [0, 0.05) is 13.1 Å². The molecule has 0 bridgehead atoms. The fourth-order valence-corrected chi connectivity index (χ4v) is 3.92. The molecule has 0 radical (unpaired) electrons. The quantitative estimate of drug-likeness (QED) is 0.899. The zero-order chi connectivity index (χ0) is 15.8. The van der Waals surface area contributed by atoms with Gasteiger partial charge in [-0.15, -0.1) is 0 Å². The number of aromatic nitrogens is 2. The predicted octanol–water partition coefficient (Wildman–Crippen LogP) is 1.66. The van der Waals surface area contributed by atoms with Crippen LogP contribution in [0.5, 0.6) is 0 Å². The van der Waals surface area contributed by atoms with Gasteiger partial charge in [0.2, 0.25) is 10.0 Å². The van der Waals surface area contributed by atoms with E-state index in [1.165, 1.54) is 4.68 Å². The Hall–Kier alpha value is -1.86. The summed E-state index contributed by atoms with van der Waals surface area (Å²) in [5.74, 6) is 0.0134. The average Bonchev–Trinajstić information content (AvgIpc) is 2.63. The second-order valence-electron chi connectivity index (χ2n) is 5.12. The maximum Gasteiger partial charge on any atom is 0.246 e. The molecule has 3 N–H and O–H groups in total. The van der Waals surface area contributed by atoms with Crippen molar-refractivity contribution in [3.8, 4) is 0 Å². The molecule has 0 amide bonds. The largest absolute Gasteiger partial charge is 0.381 e. The summed E-state index contributed by atoms with van der Waals surface area (Å²) in [7, 11) is -2.06. The first-order valence-corrected chi connectivity index (χ1v) is 8.09. The Morgan fingerprint density at radius 1 is 1.29 bits per heavy atom. The molecule has 1 heterocycles. The third-order valence-electron chi connectivity index (χ3n) is 3.56. The lowest BCUT2D eigenvalue weighted by Crippen LogP contribution is -2.28. The maximum atomic E-state index is 12.5. The minimum Gasteiger partial charge on any atom is -0.381 e. The van der Waals surface area contributed by atoms with Crippen LogP contribution in [0.25, 0.3) is 0 Å². The van der Waals surface area contributed by atoms with E-state index >= 15 is 0 Å². The summed E-state index contributed by atoms with van der Waals surface area (Å²) in [6, 6.07) is 7.31. The lowest BCUT2D eigenvalue weighted by molar-refractivity contribution is 0.565. The van der Waals surface area contributed by atoms with Crippen LogP contribution >= 0.6 is 0 Å². The van der Waals surface area contributed by atoms with E-state index in [9.17, 15) is 8.42 Å². The van der Waals surface area contributed by atoms with Gasteiger partial charge in [-0.2, -0.15) is 5.10 Å². The van der Waals surface area contributed by atoms with Crippen LogP contribution in [0.15, 0.2) is 29.2 Å². The van der Waals surface area contributed by atoms with E-state index in [1.54, 1.807) is 14.0 Å². The molecule has 21 heavy (non-hydrogen) atoms. The Morgan fingerprint density at radius 3 is 2.43 bits per heavy atom. The number of nitrogens with two attached hydrogens (primary N) is 1. The summed E-state index contributed by atoms with van der Waals surface area (Å²) in [6.07, 6.45) is 0. The van der Waals surface area contributed by atoms with Crippen molar-refractivity contribution >= 4 is 15.8 Å². The van der Waals surface area contributed by atoms with Gasteiger partial charge in [0.25, 0.3) is 0 Å². The van der Waals surface area contributed by atoms with E-state index in [2.05, 4.69) is 9.82 Å². The summed E-state index contributed by atoms with van der Waals surface area (Å²) in [4.78, 5) is 0.0467. The van der Waals surface area contributed by atoms with Crippen molar-refractivity contribution < 1.29 is 8.42 Å². The molecule has 7 heteroatoms. The molecule has 114 valence electrons. The van der Waals surface area contributed by atoms with Gasteiger partial charge >= 0.3 is 0 Å². The Kier molecular flexibility index (Phi) is 4.06. The van der Waals surface area contributed by atoms with Gasteiger partial charge in [0.1, 0.15) is 4.90 Å². The van der Waals surface area contributed by atoms with Crippen molar-refractivity contribution in [1.29, 1.82) is 0 Å². The molecule has 2 rings (SSSR count). The van der Waals surface area contributed by atoms with Gasteiger partial charge < -0.3 is 5.73 Å². The highest BCUT2D eigenvalue weighted by Crippen LogP contribution is 2.24. The molecule has 2 aromatic rings. The van der Waals surface area contributed by atoms with Crippen LogP contribution in [0, 0.1) is 13.8 Å². The molecule has 1 unspecified atom stereocenters. The van der Waals surface area contributed by atoms with E-state index in [1.807, 2.05) is 38.1 Å². The molecule has 0 aliphatic heterocycles. The van der Waals surface area contributed by atoms with E-state index in [4.69, 9.17) is 5.73 Å². The molecule has 1 atom stereocenters. The predicted molar refractivity (Wildman–Crippen MR) is 82.3 cm³/mol. The van der Waals surface area contributed by atoms with Gasteiger partial charge in [-0.05, 0) is 31.9 Å². The fraction of sp³-hybridized carbons (Fsp3) is 0.357. The summed E-state index contributed by atoms with van der Waals surface area (Å²) in [5.41, 5.74) is 8.20. The normalized spacial score (nSPS) is 13.3. The fourth-order valence-electron chi connectivity index (χ4n) is 2.37. The monoisotopic (exact) mass is 308 g/mol. The lowest BCUT2D eigenvalue weighted by atomic mass is 10.0. The van der Waals surface area contributed by atoms with Crippen LogP contribution in [0.2, 0.25) is 0 Å². The molecule has 0 aliphatic rings. The molecule has 0 saturated heterocycles. The number of sulfonamides is 1. The third kappa shape index (κ3) is 2.93. The summed E-state index contributed by atoms with van der Waals surface area (Å²) in [6.45, 7) is 5.43. The van der Waals surface area contributed by atoms with E-state index < -0.39 is 10.0 Å². The number of anilines is 1. The number of hydrogen-bond acceptors (Lipinski definition) is 4. The molecule has 1 aromatic carbocycles. The standard InChI is InChI=1S/C14H20N4O2S/c1-9-7-5-6-8-12(9)10(2)17-21(19,20)13-11(3)18(4)16-14(13)15/h5-8,10,17H,1-4H3,(H2,15,16). The number of aryl methyl sites for hydroxylation is 2. The highest BCUT2D eigenvalue weighted by molar-refractivity contribution is 7.89. The van der Waals surface area contributed by atoms with Gasteiger partial charge in [-0.1, -0.05) is 24.3 Å². The summed E-state index contributed by atoms with van der Waals surface area (Å²) < 4.78 is 29.2. The number of benzene rings is 1. The zero-order valence-electron chi connectivity index (χ0n) is 12.6. The van der Waals surface area contributed by atoms with E-state index in [0.29, 0.717) is 5.69 Å². The third-order valence-corrected chi connectivity index (χ3v) is 5.27. The number of nitrogens with zero attached hydrogens (tertiary/aromatic N) is 2. The average molecular weight is 308 g/mol. The molecule has 0 spiro atoms. The Balaban J connectivity index is 2.36. The molecule has 0 aliphatic carbocycles. The smallest absolute Gasteiger partial charge is 0.246 e. The van der Waals surface area contributed by atoms with Crippen molar-refractivity contribution in [3.05, 3.63) is 41.1 Å². The minimum atomic E-state index is -3.72. The lowest BCUT2D eigenvalue weighted by Gasteiger charge is -2.16. The van der Waals surface area contributed by atoms with E-state index in [-0.39, 0.29) is 16.8 Å². The van der Waals surface area contributed by atoms with Crippen LogP contribution in [-0.2, 0) is 17.1 Å². The number of nitrogen functional groups attached to an aromatic ring is 1. The highest BCUT2D eigenvalue weighted by Gasteiger charge is 2.26. The Bertz CT molecular complexity index is 765. The first-order valence-electron chi connectivity index (χ1n) is 6.61. The molecular weight excluding hydrogens is 288 g/mol. The van der Waals surface area contributed by atoms with Gasteiger partial charge in [0.05, 0.1) is 5.69 Å². The second kappa shape index (κ2) is 5.50. The first kappa shape index (κ1) is 15.5. The van der Waals surface area contributed by atoms with Crippen molar-refractivity contribution in [2.24, 2.45) is 7.05 Å². The van der Waals surface area contributed by atoms with Crippen molar-refractivity contribution in [2.45, 2.75) is 31.7 Å². The number of nitrogens with one attached hydrogen (secondary N) is 1. The highest BCUT2D eigenvalue weighted by atomic mass is 32.2. The summed E-state index contributed by atoms with van der Waals surface area (Å²) in [5, 5.41) is 3.95. The van der Waals surface area contributed by atoms with Crippen LogP contribution in [-0.4, -0.2) is 18.2 Å². The van der Waals surface area contributed by atoms with Crippen molar-refractivity contribution in [3.63, 3.8) is 0 Å². The SMILES string of the molecule is Cc1ccccc1C(C)NS(=O)(=O)c1c(N)nn(C)c1C. The van der Waals surface area contributed by atoms with Gasteiger partial charge in [-0.3, -0.25) is 4.68 Å². The summed E-state index contributed by atoms with van der Waals surface area (Å²) >= 11 is 0. The maximum absolute atomic E-state index is 12.5. The van der Waals surface area contributed by atoms with Crippen LogP contribution in [0.3, 0.4) is 0 Å². The number of rotatable bonds is 4. The van der Waals surface area contributed by atoms with Gasteiger partial charge in [0.15, 0.2) is 5.82 Å². The molecule has 1 aromatic heterocycles.